The van der Waals surface area contributed by atoms with Gasteiger partial charge in [0.1, 0.15) is 11.4 Å². The average Bonchev–Trinajstić information content (AvgIpc) is 2.57. The number of ether oxygens (including phenoxy) is 1. The van der Waals surface area contributed by atoms with Crippen molar-refractivity contribution in [2.45, 2.75) is 25.9 Å². The highest BCUT2D eigenvalue weighted by atomic mass is 16.5. The van der Waals surface area contributed by atoms with Crippen LogP contribution >= 0.6 is 0 Å². The molecule has 2 rings (SSSR count). The van der Waals surface area contributed by atoms with Crippen molar-refractivity contribution in [2.24, 2.45) is 0 Å². The summed E-state index contributed by atoms with van der Waals surface area (Å²) in [5, 5.41) is 3.33. The first-order chi connectivity index (χ1) is 6.70. The monoisotopic (exact) mass is 191 g/mol. The van der Waals surface area contributed by atoms with Crippen LogP contribution in [0.25, 0.3) is 0 Å². The van der Waals surface area contributed by atoms with Gasteiger partial charge in [0.25, 0.3) is 0 Å². The summed E-state index contributed by atoms with van der Waals surface area (Å²) >= 11 is 0. The lowest BCUT2D eigenvalue weighted by molar-refractivity contribution is 0.110. The lowest BCUT2D eigenvalue weighted by Crippen LogP contribution is -2.34. The molecule has 1 N–H and O–H groups in total. The molecule has 14 heavy (non-hydrogen) atoms. The first kappa shape index (κ1) is 9.53. The van der Waals surface area contributed by atoms with Gasteiger partial charge in [0.2, 0.25) is 0 Å². The third kappa shape index (κ3) is 1.90. The van der Waals surface area contributed by atoms with Gasteiger partial charge < -0.3 is 10.1 Å². The molecular formula is C12H17NO. The third-order valence-electron chi connectivity index (χ3n) is 2.78. The molecule has 1 unspecified atom stereocenters. The summed E-state index contributed by atoms with van der Waals surface area (Å²) in [5.74, 6) is 1.01. The molecule has 0 spiro atoms. The molecule has 1 aliphatic heterocycles. The van der Waals surface area contributed by atoms with Gasteiger partial charge in [0.15, 0.2) is 0 Å². The fourth-order valence-electron chi connectivity index (χ4n) is 1.82. The van der Waals surface area contributed by atoms with Gasteiger partial charge in [0, 0.05) is 13.0 Å². The Balaban J connectivity index is 2.14. The van der Waals surface area contributed by atoms with Gasteiger partial charge in [-0.1, -0.05) is 18.2 Å². The molecule has 0 amide bonds. The van der Waals surface area contributed by atoms with Crippen LogP contribution in [0.1, 0.15) is 18.9 Å². The lowest BCUT2D eigenvalue weighted by atomic mass is 10.1. The lowest BCUT2D eigenvalue weighted by Gasteiger charge is -2.25. The van der Waals surface area contributed by atoms with Crippen LogP contribution in [0.2, 0.25) is 0 Å². The van der Waals surface area contributed by atoms with Crippen molar-refractivity contribution in [3.05, 3.63) is 29.8 Å². The molecule has 1 atom stereocenters. The summed E-state index contributed by atoms with van der Waals surface area (Å²) in [6, 6.07) is 8.19. The van der Waals surface area contributed by atoms with E-state index in [0.717, 1.165) is 25.3 Å². The largest absolute Gasteiger partial charge is 0.486 e. The predicted octanol–water partition coefficient (Wildman–Crippen LogP) is 2.13. The van der Waals surface area contributed by atoms with E-state index in [1.807, 2.05) is 18.2 Å². The minimum absolute atomic E-state index is 0.0217. The van der Waals surface area contributed by atoms with Crippen molar-refractivity contribution in [3.8, 4) is 5.75 Å². The summed E-state index contributed by atoms with van der Waals surface area (Å²) in [6.45, 7) is 6.25. The molecule has 1 aliphatic rings. The van der Waals surface area contributed by atoms with E-state index in [1.165, 1.54) is 5.56 Å². The fourth-order valence-corrected chi connectivity index (χ4v) is 1.82. The highest BCUT2D eigenvalue weighted by Gasteiger charge is 2.30. The van der Waals surface area contributed by atoms with Crippen LogP contribution in [0, 0.1) is 6.92 Å². The van der Waals surface area contributed by atoms with Crippen molar-refractivity contribution in [1.82, 2.24) is 5.32 Å². The summed E-state index contributed by atoms with van der Waals surface area (Å²) < 4.78 is 6.03. The highest BCUT2D eigenvalue weighted by molar-refractivity contribution is 5.32. The second kappa shape index (κ2) is 3.62. The van der Waals surface area contributed by atoms with Gasteiger partial charge in [-0.05, 0) is 32.0 Å². The predicted molar refractivity (Wildman–Crippen MR) is 57.7 cm³/mol. The SMILES string of the molecule is Cc1ccccc1OC1(C)CCNC1. The highest BCUT2D eigenvalue weighted by Crippen LogP contribution is 2.25. The molecule has 1 saturated heterocycles. The van der Waals surface area contributed by atoms with Crippen LogP contribution in [-0.2, 0) is 0 Å². The molecule has 0 aromatic heterocycles. The number of nitrogens with one attached hydrogen (secondary N) is 1. The molecule has 0 aliphatic carbocycles. The van der Waals surface area contributed by atoms with E-state index in [2.05, 4.69) is 25.2 Å². The van der Waals surface area contributed by atoms with Crippen molar-refractivity contribution >= 4 is 0 Å². The Morgan fingerprint density at radius 2 is 2.14 bits per heavy atom. The molecule has 1 fully saturated rings. The molecule has 1 aromatic rings. The van der Waals surface area contributed by atoms with E-state index in [-0.39, 0.29) is 5.60 Å². The zero-order valence-electron chi connectivity index (χ0n) is 8.84. The van der Waals surface area contributed by atoms with E-state index in [1.54, 1.807) is 0 Å². The Hall–Kier alpha value is -1.02. The molecule has 2 nitrogen and oxygen atoms in total. The summed E-state index contributed by atoms with van der Waals surface area (Å²) in [5.41, 5.74) is 1.19. The molecule has 76 valence electrons. The van der Waals surface area contributed by atoms with Crippen molar-refractivity contribution < 1.29 is 4.74 Å². The zero-order valence-corrected chi connectivity index (χ0v) is 8.84. The maximum Gasteiger partial charge on any atom is 0.123 e. The normalized spacial score (nSPS) is 26.4. The fraction of sp³-hybridized carbons (Fsp3) is 0.500. The molecule has 0 saturated carbocycles. The van der Waals surface area contributed by atoms with Gasteiger partial charge in [-0.25, -0.2) is 0 Å². The number of rotatable bonds is 2. The summed E-state index contributed by atoms with van der Waals surface area (Å²) in [6.07, 6.45) is 1.08. The molecule has 0 radical (unpaired) electrons. The van der Waals surface area contributed by atoms with Crippen LogP contribution in [0.3, 0.4) is 0 Å². The number of hydrogen-bond donors (Lipinski definition) is 1. The third-order valence-corrected chi connectivity index (χ3v) is 2.78. The van der Waals surface area contributed by atoms with Gasteiger partial charge in [0.05, 0.1) is 0 Å². The quantitative estimate of drug-likeness (QED) is 0.773. The molecule has 1 heterocycles. The Kier molecular flexibility index (Phi) is 2.46. The van der Waals surface area contributed by atoms with E-state index < -0.39 is 0 Å². The first-order valence-electron chi connectivity index (χ1n) is 5.15. The van der Waals surface area contributed by atoms with Gasteiger partial charge in [-0.2, -0.15) is 0 Å². The van der Waals surface area contributed by atoms with E-state index >= 15 is 0 Å². The number of para-hydroxylation sites is 1. The Labute approximate surface area is 85.3 Å². The van der Waals surface area contributed by atoms with E-state index in [0.29, 0.717) is 0 Å². The Morgan fingerprint density at radius 3 is 2.79 bits per heavy atom. The van der Waals surface area contributed by atoms with Crippen LogP contribution in [0.5, 0.6) is 5.75 Å². The number of aryl methyl sites for hydroxylation is 1. The standard InChI is InChI=1S/C12H17NO/c1-10-5-3-4-6-11(10)14-12(2)7-8-13-9-12/h3-6,13H,7-9H2,1-2H3. The van der Waals surface area contributed by atoms with E-state index in [4.69, 9.17) is 4.74 Å². The van der Waals surface area contributed by atoms with Crippen molar-refractivity contribution in [2.75, 3.05) is 13.1 Å². The smallest absolute Gasteiger partial charge is 0.123 e. The maximum atomic E-state index is 6.03. The Morgan fingerprint density at radius 1 is 1.36 bits per heavy atom. The van der Waals surface area contributed by atoms with Crippen molar-refractivity contribution in [1.29, 1.82) is 0 Å². The summed E-state index contributed by atoms with van der Waals surface area (Å²) in [7, 11) is 0. The average molecular weight is 191 g/mol. The second-order valence-electron chi connectivity index (χ2n) is 4.24. The van der Waals surface area contributed by atoms with E-state index in [9.17, 15) is 0 Å². The zero-order chi connectivity index (χ0) is 10.0. The molecule has 1 aromatic carbocycles. The minimum Gasteiger partial charge on any atom is -0.486 e. The van der Waals surface area contributed by atoms with Crippen LogP contribution < -0.4 is 10.1 Å². The van der Waals surface area contributed by atoms with Gasteiger partial charge >= 0.3 is 0 Å². The number of benzene rings is 1. The second-order valence-corrected chi connectivity index (χ2v) is 4.24. The minimum atomic E-state index is -0.0217. The molecule has 2 heteroatoms. The van der Waals surface area contributed by atoms with Crippen LogP contribution in [0.15, 0.2) is 24.3 Å². The van der Waals surface area contributed by atoms with Crippen LogP contribution in [-0.4, -0.2) is 18.7 Å². The topological polar surface area (TPSA) is 21.3 Å². The van der Waals surface area contributed by atoms with Crippen LogP contribution in [0.4, 0.5) is 0 Å². The van der Waals surface area contributed by atoms with Crippen molar-refractivity contribution in [3.63, 3.8) is 0 Å². The van der Waals surface area contributed by atoms with Gasteiger partial charge in [-0.3, -0.25) is 0 Å². The molecule has 0 bridgehead atoms. The maximum absolute atomic E-state index is 6.03. The molecular weight excluding hydrogens is 174 g/mol. The number of hydrogen-bond acceptors (Lipinski definition) is 2. The Bertz CT molecular complexity index is 316. The summed E-state index contributed by atoms with van der Waals surface area (Å²) in [4.78, 5) is 0. The first-order valence-corrected chi connectivity index (χ1v) is 5.15. The van der Waals surface area contributed by atoms with Gasteiger partial charge in [-0.15, -0.1) is 0 Å².